The second-order valence-electron chi connectivity index (χ2n) is 7.02. The lowest BCUT2D eigenvalue weighted by Crippen LogP contribution is -2.24. The number of carbonyl (C=O) groups is 2. The highest BCUT2D eigenvalue weighted by Gasteiger charge is 2.12. The van der Waals surface area contributed by atoms with E-state index in [1.54, 1.807) is 36.4 Å². The third kappa shape index (κ3) is 6.78. The van der Waals surface area contributed by atoms with Crippen molar-refractivity contribution < 1.29 is 19.1 Å². The molecule has 3 aromatic carbocycles. The number of halogens is 1. The molecule has 1 amide bonds. The molecule has 6 nitrogen and oxygen atoms in total. The second-order valence-corrected chi connectivity index (χ2v) is 7.94. The van der Waals surface area contributed by atoms with Crippen LogP contribution in [0.5, 0.6) is 11.5 Å². The molecule has 0 heterocycles. The van der Waals surface area contributed by atoms with Gasteiger partial charge in [-0.15, -0.1) is 0 Å². The number of carbonyl (C=O) groups excluding carboxylic acids is 2. The quantitative estimate of drug-likeness (QED) is 0.205. The van der Waals surface area contributed by atoms with Gasteiger partial charge in [-0.25, -0.2) is 10.2 Å². The topological polar surface area (TPSA) is 77.0 Å². The van der Waals surface area contributed by atoms with Crippen molar-refractivity contribution in [2.24, 2.45) is 5.10 Å². The van der Waals surface area contributed by atoms with E-state index in [9.17, 15) is 9.59 Å². The first-order chi connectivity index (χ1) is 15.4. The Morgan fingerprint density at radius 3 is 2.56 bits per heavy atom. The van der Waals surface area contributed by atoms with Crippen LogP contribution in [0.1, 0.15) is 34.0 Å². The highest BCUT2D eigenvalue weighted by atomic mass is 79.9. The summed E-state index contributed by atoms with van der Waals surface area (Å²) in [6.07, 6.45) is 2.35. The van der Waals surface area contributed by atoms with Crippen molar-refractivity contribution >= 4 is 34.0 Å². The number of aryl methyl sites for hydroxylation is 2. The maximum atomic E-state index is 12.5. The third-order valence-electron chi connectivity index (χ3n) is 4.52. The molecule has 0 bridgehead atoms. The fraction of sp³-hybridized carbons (Fsp3) is 0.160. The van der Waals surface area contributed by atoms with Gasteiger partial charge in [0.15, 0.2) is 6.61 Å². The van der Waals surface area contributed by atoms with Gasteiger partial charge in [0, 0.05) is 10.0 Å². The minimum Gasteiger partial charge on any atom is -0.484 e. The molecule has 1 N–H and O–H groups in total. The van der Waals surface area contributed by atoms with Crippen molar-refractivity contribution in [1.29, 1.82) is 0 Å². The molecular formula is C25H23BrN2O4. The van der Waals surface area contributed by atoms with Crippen molar-refractivity contribution in [3.63, 3.8) is 0 Å². The Hall–Kier alpha value is -3.45. The van der Waals surface area contributed by atoms with Crippen LogP contribution < -0.4 is 14.9 Å². The monoisotopic (exact) mass is 494 g/mol. The highest BCUT2D eigenvalue weighted by molar-refractivity contribution is 9.10. The Bertz CT molecular complexity index is 1130. The molecule has 0 fully saturated rings. The number of hydrogen-bond donors (Lipinski definition) is 1. The Kier molecular flexibility index (Phi) is 8.16. The molecule has 0 saturated carbocycles. The van der Waals surface area contributed by atoms with Gasteiger partial charge in [0.25, 0.3) is 5.91 Å². The lowest BCUT2D eigenvalue weighted by atomic mass is 10.1. The van der Waals surface area contributed by atoms with Crippen LogP contribution >= 0.6 is 15.9 Å². The van der Waals surface area contributed by atoms with Crippen LogP contribution in [0.15, 0.2) is 76.3 Å². The standard InChI is InChI=1S/C25H23BrN2O4/c1-3-18-7-10-22(11-8-18)31-16-24(29)28-27-15-20-14-21(26)9-12-23(20)32-25(30)19-6-4-5-17(2)13-19/h4-15H,3,16H2,1-2H3,(H,28,29)/b27-15-. The predicted molar refractivity (Wildman–Crippen MR) is 127 cm³/mol. The van der Waals surface area contributed by atoms with Crippen LogP contribution in [0.4, 0.5) is 0 Å². The third-order valence-corrected chi connectivity index (χ3v) is 5.02. The molecule has 0 aliphatic rings. The smallest absolute Gasteiger partial charge is 0.343 e. The van der Waals surface area contributed by atoms with Gasteiger partial charge in [-0.1, -0.05) is 52.7 Å². The zero-order valence-electron chi connectivity index (χ0n) is 17.8. The largest absolute Gasteiger partial charge is 0.484 e. The van der Waals surface area contributed by atoms with Gasteiger partial charge in [0.2, 0.25) is 0 Å². The first-order valence-electron chi connectivity index (χ1n) is 10.1. The van der Waals surface area contributed by atoms with Crippen molar-refractivity contribution in [1.82, 2.24) is 5.43 Å². The number of nitrogens with one attached hydrogen (secondary N) is 1. The van der Waals surface area contributed by atoms with E-state index in [2.05, 4.69) is 33.4 Å². The fourth-order valence-electron chi connectivity index (χ4n) is 2.82. The molecular weight excluding hydrogens is 472 g/mol. The lowest BCUT2D eigenvalue weighted by Gasteiger charge is -2.09. The number of nitrogens with zero attached hydrogens (tertiary/aromatic N) is 1. The molecule has 0 atom stereocenters. The molecule has 0 saturated heterocycles. The van der Waals surface area contributed by atoms with Gasteiger partial charge in [-0.05, 0) is 61.4 Å². The molecule has 3 rings (SSSR count). The summed E-state index contributed by atoms with van der Waals surface area (Å²) in [5.74, 6) is 0.0509. The van der Waals surface area contributed by atoms with Crippen molar-refractivity contribution in [3.8, 4) is 11.5 Å². The van der Waals surface area contributed by atoms with Gasteiger partial charge < -0.3 is 9.47 Å². The minimum absolute atomic E-state index is 0.170. The summed E-state index contributed by atoms with van der Waals surface area (Å²) < 4.78 is 11.8. The van der Waals surface area contributed by atoms with Gasteiger partial charge in [-0.3, -0.25) is 4.79 Å². The molecule has 0 aliphatic heterocycles. The molecule has 32 heavy (non-hydrogen) atoms. The van der Waals surface area contributed by atoms with Crippen LogP contribution in [0, 0.1) is 6.92 Å². The van der Waals surface area contributed by atoms with E-state index in [1.165, 1.54) is 11.8 Å². The van der Waals surface area contributed by atoms with Crippen LogP contribution in [0.3, 0.4) is 0 Å². The number of amides is 1. The maximum absolute atomic E-state index is 12.5. The van der Waals surface area contributed by atoms with E-state index in [-0.39, 0.29) is 6.61 Å². The van der Waals surface area contributed by atoms with Crippen LogP contribution in [0.2, 0.25) is 0 Å². The molecule has 0 spiro atoms. The van der Waals surface area contributed by atoms with Crippen LogP contribution in [-0.4, -0.2) is 24.7 Å². The first kappa shape index (κ1) is 23.2. The summed E-state index contributed by atoms with van der Waals surface area (Å²) in [7, 11) is 0. The summed E-state index contributed by atoms with van der Waals surface area (Å²) in [4.78, 5) is 24.5. The number of hydrogen-bond acceptors (Lipinski definition) is 5. The van der Waals surface area contributed by atoms with Gasteiger partial charge in [-0.2, -0.15) is 5.10 Å². The predicted octanol–water partition coefficient (Wildman–Crippen LogP) is 5.07. The Balaban J connectivity index is 1.60. The van der Waals surface area contributed by atoms with E-state index in [4.69, 9.17) is 9.47 Å². The van der Waals surface area contributed by atoms with Crippen LogP contribution in [0.25, 0.3) is 0 Å². The van der Waals surface area contributed by atoms with Gasteiger partial charge in [0.1, 0.15) is 11.5 Å². The van der Waals surface area contributed by atoms with E-state index >= 15 is 0 Å². The van der Waals surface area contributed by atoms with Crippen LogP contribution in [-0.2, 0) is 11.2 Å². The lowest BCUT2D eigenvalue weighted by molar-refractivity contribution is -0.123. The Morgan fingerprint density at radius 1 is 1.06 bits per heavy atom. The molecule has 3 aromatic rings. The van der Waals surface area contributed by atoms with E-state index < -0.39 is 11.9 Å². The van der Waals surface area contributed by atoms with E-state index in [0.29, 0.717) is 22.6 Å². The fourth-order valence-corrected chi connectivity index (χ4v) is 3.20. The molecule has 7 heteroatoms. The highest BCUT2D eigenvalue weighted by Crippen LogP contribution is 2.23. The van der Waals surface area contributed by atoms with Crippen molar-refractivity contribution in [2.75, 3.05) is 6.61 Å². The molecule has 0 unspecified atom stereocenters. The number of esters is 1. The first-order valence-corrected chi connectivity index (χ1v) is 10.9. The Labute approximate surface area is 195 Å². The van der Waals surface area contributed by atoms with E-state index in [0.717, 1.165) is 16.5 Å². The summed E-state index contributed by atoms with van der Waals surface area (Å²) >= 11 is 3.39. The second kappa shape index (κ2) is 11.2. The number of ether oxygens (including phenoxy) is 2. The zero-order chi connectivity index (χ0) is 22.9. The zero-order valence-corrected chi connectivity index (χ0v) is 19.4. The summed E-state index contributed by atoms with van der Waals surface area (Å²) in [5, 5.41) is 3.96. The Morgan fingerprint density at radius 2 is 1.84 bits per heavy atom. The molecule has 0 radical (unpaired) electrons. The normalized spacial score (nSPS) is 10.7. The molecule has 164 valence electrons. The van der Waals surface area contributed by atoms with Gasteiger partial charge in [0.05, 0.1) is 11.8 Å². The number of rotatable bonds is 8. The minimum atomic E-state index is -0.475. The SMILES string of the molecule is CCc1ccc(OCC(=O)N/N=C\c2cc(Br)ccc2OC(=O)c2cccc(C)c2)cc1. The number of hydrazone groups is 1. The summed E-state index contributed by atoms with van der Waals surface area (Å²) in [6.45, 7) is 3.80. The summed E-state index contributed by atoms with van der Waals surface area (Å²) in [5.41, 5.74) is 5.54. The molecule has 0 aromatic heterocycles. The molecule has 0 aliphatic carbocycles. The summed E-state index contributed by atoms with van der Waals surface area (Å²) in [6, 6.07) is 19.9. The maximum Gasteiger partial charge on any atom is 0.343 e. The average molecular weight is 495 g/mol. The van der Waals surface area contributed by atoms with Crippen molar-refractivity contribution in [3.05, 3.63) is 93.5 Å². The number of benzene rings is 3. The average Bonchev–Trinajstić information content (AvgIpc) is 2.79. The van der Waals surface area contributed by atoms with Crippen molar-refractivity contribution in [2.45, 2.75) is 20.3 Å². The van der Waals surface area contributed by atoms with E-state index in [1.807, 2.05) is 37.3 Å². The van der Waals surface area contributed by atoms with Gasteiger partial charge >= 0.3 is 5.97 Å².